The lowest BCUT2D eigenvalue weighted by molar-refractivity contribution is -0.144. The molecule has 1 aliphatic carbocycles. The third-order valence-electron chi connectivity index (χ3n) is 6.00. The summed E-state index contributed by atoms with van der Waals surface area (Å²) in [4.78, 5) is 38.0. The van der Waals surface area contributed by atoms with Gasteiger partial charge in [-0.05, 0) is 68.9 Å². The lowest BCUT2D eigenvalue weighted by atomic mass is 9.97. The van der Waals surface area contributed by atoms with Gasteiger partial charge in [0.2, 0.25) is 0 Å². The van der Waals surface area contributed by atoms with Gasteiger partial charge in [0, 0.05) is 5.69 Å². The second kappa shape index (κ2) is 10.5. The predicted octanol–water partition coefficient (Wildman–Crippen LogP) is 4.86. The molecule has 33 heavy (non-hydrogen) atoms. The number of aryl methyl sites for hydroxylation is 3. The van der Waals surface area contributed by atoms with E-state index in [1.54, 1.807) is 0 Å². The van der Waals surface area contributed by atoms with Crippen LogP contribution in [0, 0.1) is 32.5 Å². The maximum Gasteiger partial charge on any atom is 0.328 e. The summed E-state index contributed by atoms with van der Waals surface area (Å²) in [6.07, 6.45) is 3.59. The first-order chi connectivity index (χ1) is 15.7. The third-order valence-corrected chi connectivity index (χ3v) is 6.00. The van der Waals surface area contributed by atoms with Crippen molar-refractivity contribution in [2.24, 2.45) is 5.92 Å². The molecule has 176 valence electrons. The van der Waals surface area contributed by atoms with Gasteiger partial charge in [-0.2, -0.15) is 0 Å². The molecule has 2 aromatic rings. The number of halogens is 1. The van der Waals surface area contributed by atoms with E-state index in [1.165, 1.54) is 13.2 Å². The normalized spacial score (nSPS) is 14.5. The van der Waals surface area contributed by atoms with Crippen molar-refractivity contribution in [2.45, 2.75) is 52.5 Å². The van der Waals surface area contributed by atoms with Crippen molar-refractivity contribution >= 4 is 29.3 Å². The molecule has 3 amide bonds. The SMILES string of the molecule is COC(=O)[C@@H](NC(=O)c1ccc(F)cc1NC(=O)Nc1c(C)cc(C)cc1C)C1CCCC1. The number of amides is 3. The van der Waals surface area contributed by atoms with E-state index >= 15 is 0 Å². The van der Waals surface area contributed by atoms with Crippen LogP contribution in [-0.4, -0.2) is 31.1 Å². The Morgan fingerprint density at radius 3 is 2.24 bits per heavy atom. The van der Waals surface area contributed by atoms with Crippen LogP contribution < -0.4 is 16.0 Å². The molecule has 2 aromatic carbocycles. The van der Waals surface area contributed by atoms with E-state index < -0.39 is 29.8 Å². The van der Waals surface area contributed by atoms with Crippen LogP contribution in [0.25, 0.3) is 0 Å². The molecule has 1 fully saturated rings. The van der Waals surface area contributed by atoms with Crippen molar-refractivity contribution in [1.29, 1.82) is 0 Å². The van der Waals surface area contributed by atoms with Crippen LogP contribution in [0.2, 0.25) is 0 Å². The fraction of sp³-hybridized carbons (Fsp3) is 0.400. The van der Waals surface area contributed by atoms with Crippen molar-refractivity contribution < 1.29 is 23.5 Å². The van der Waals surface area contributed by atoms with Crippen molar-refractivity contribution in [1.82, 2.24) is 5.32 Å². The molecular formula is C25H30FN3O4. The average Bonchev–Trinajstić information content (AvgIpc) is 3.28. The molecule has 8 heteroatoms. The number of carbonyl (C=O) groups excluding carboxylic acids is 3. The Labute approximate surface area is 193 Å². The van der Waals surface area contributed by atoms with Gasteiger partial charge in [0.15, 0.2) is 0 Å². The number of methoxy groups -OCH3 is 1. The Balaban J connectivity index is 1.80. The highest BCUT2D eigenvalue weighted by molar-refractivity contribution is 6.07. The van der Waals surface area contributed by atoms with E-state index in [-0.39, 0.29) is 17.2 Å². The third kappa shape index (κ3) is 5.88. The summed E-state index contributed by atoms with van der Waals surface area (Å²) in [7, 11) is 1.28. The zero-order chi connectivity index (χ0) is 24.1. The molecule has 0 radical (unpaired) electrons. The first-order valence-corrected chi connectivity index (χ1v) is 11.0. The number of hydrogen-bond donors (Lipinski definition) is 3. The van der Waals surface area contributed by atoms with Crippen LogP contribution in [0.5, 0.6) is 0 Å². The number of esters is 1. The minimum absolute atomic E-state index is 0.00227. The quantitative estimate of drug-likeness (QED) is 0.542. The first kappa shape index (κ1) is 24.2. The van der Waals surface area contributed by atoms with E-state index in [0.717, 1.165) is 54.5 Å². The van der Waals surface area contributed by atoms with Crippen LogP contribution in [-0.2, 0) is 9.53 Å². The molecule has 0 aromatic heterocycles. The van der Waals surface area contributed by atoms with E-state index in [9.17, 15) is 18.8 Å². The molecule has 1 saturated carbocycles. The second-order valence-electron chi connectivity index (χ2n) is 8.56. The molecule has 0 aliphatic heterocycles. The standard InChI is InChI=1S/C25H30FN3O4/c1-14-11-15(2)21(16(3)12-14)29-25(32)27-20-13-18(26)9-10-19(20)23(30)28-22(24(31)33-4)17-7-5-6-8-17/h9-13,17,22H,5-8H2,1-4H3,(H,28,30)(H2,27,29,32)/t22-/m0/s1. The Hall–Kier alpha value is -3.42. The van der Waals surface area contributed by atoms with Gasteiger partial charge in [-0.25, -0.2) is 14.0 Å². The average molecular weight is 456 g/mol. The van der Waals surface area contributed by atoms with E-state index in [0.29, 0.717) is 5.69 Å². The van der Waals surface area contributed by atoms with Crippen molar-refractivity contribution in [3.8, 4) is 0 Å². The van der Waals surface area contributed by atoms with Gasteiger partial charge in [0.25, 0.3) is 5.91 Å². The number of carbonyl (C=O) groups is 3. The largest absolute Gasteiger partial charge is 0.467 e. The lowest BCUT2D eigenvalue weighted by Gasteiger charge is -2.23. The molecule has 0 unspecified atom stereocenters. The summed E-state index contributed by atoms with van der Waals surface area (Å²) in [5.74, 6) is -1.73. The van der Waals surface area contributed by atoms with E-state index in [4.69, 9.17) is 4.74 Å². The van der Waals surface area contributed by atoms with Gasteiger partial charge in [0.1, 0.15) is 11.9 Å². The molecule has 3 N–H and O–H groups in total. The minimum atomic E-state index is -0.797. The molecule has 0 heterocycles. The van der Waals surface area contributed by atoms with Crippen LogP contribution in [0.4, 0.5) is 20.6 Å². The molecule has 0 spiro atoms. The number of urea groups is 1. The zero-order valence-corrected chi connectivity index (χ0v) is 19.4. The highest BCUT2D eigenvalue weighted by atomic mass is 19.1. The molecule has 1 atom stereocenters. The summed E-state index contributed by atoms with van der Waals surface area (Å²) >= 11 is 0. The van der Waals surface area contributed by atoms with Gasteiger partial charge in [0.05, 0.1) is 18.4 Å². The maximum absolute atomic E-state index is 14.0. The molecule has 0 saturated heterocycles. The summed E-state index contributed by atoms with van der Waals surface area (Å²) in [5.41, 5.74) is 3.54. The van der Waals surface area contributed by atoms with Gasteiger partial charge in [-0.3, -0.25) is 4.79 Å². The Kier molecular flexibility index (Phi) is 7.68. The number of anilines is 2. The van der Waals surface area contributed by atoms with Gasteiger partial charge in [-0.1, -0.05) is 30.5 Å². The molecule has 7 nitrogen and oxygen atoms in total. The van der Waals surface area contributed by atoms with E-state index in [1.807, 2.05) is 32.9 Å². The summed E-state index contributed by atoms with van der Waals surface area (Å²) in [6, 6.07) is 5.98. The highest BCUT2D eigenvalue weighted by Crippen LogP contribution is 2.29. The number of hydrogen-bond acceptors (Lipinski definition) is 4. The van der Waals surface area contributed by atoms with Gasteiger partial charge < -0.3 is 20.7 Å². The summed E-state index contributed by atoms with van der Waals surface area (Å²) in [6.45, 7) is 5.73. The van der Waals surface area contributed by atoms with Crippen molar-refractivity contribution in [2.75, 3.05) is 17.7 Å². The van der Waals surface area contributed by atoms with Crippen LogP contribution in [0.1, 0.15) is 52.7 Å². The predicted molar refractivity (Wildman–Crippen MR) is 125 cm³/mol. The van der Waals surface area contributed by atoms with E-state index in [2.05, 4.69) is 16.0 Å². The Morgan fingerprint density at radius 1 is 1.00 bits per heavy atom. The zero-order valence-electron chi connectivity index (χ0n) is 19.4. The summed E-state index contributed by atoms with van der Waals surface area (Å²) in [5, 5.41) is 8.07. The first-order valence-electron chi connectivity index (χ1n) is 11.0. The molecule has 0 bridgehead atoms. The maximum atomic E-state index is 14.0. The van der Waals surface area contributed by atoms with Crippen LogP contribution in [0.15, 0.2) is 30.3 Å². The van der Waals surface area contributed by atoms with Gasteiger partial charge >= 0.3 is 12.0 Å². The number of ether oxygens (including phenoxy) is 1. The highest BCUT2D eigenvalue weighted by Gasteiger charge is 2.33. The van der Waals surface area contributed by atoms with Crippen LogP contribution in [0.3, 0.4) is 0 Å². The fourth-order valence-corrected chi connectivity index (χ4v) is 4.47. The number of nitrogens with one attached hydrogen (secondary N) is 3. The molecule has 3 rings (SSSR count). The minimum Gasteiger partial charge on any atom is -0.467 e. The van der Waals surface area contributed by atoms with Gasteiger partial charge in [-0.15, -0.1) is 0 Å². The fourth-order valence-electron chi connectivity index (χ4n) is 4.47. The van der Waals surface area contributed by atoms with Crippen molar-refractivity contribution in [3.05, 3.63) is 58.4 Å². The number of rotatable bonds is 6. The lowest BCUT2D eigenvalue weighted by Crippen LogP contribution is -2.46. The topological polar surface area (TPSA) is 96.5 Å². The number of benzene rings is 2. The molecule has 1 aliphatic rings. The Bertz CT molecular complexity index is 1040. The molecular weight excluding hydrogens is 425 g/mol. The second-order valence-corrected chi connectivity index (χ2v) is 8.56. The monoisotopic (exact) mass is 455 g/mol. The smallest absolute Gasteiger partial charge is 0.328 e. The van der Waals surface area contributed by atoms with Crippen LogP contribution >= 0.6 is 0 Å². The Morgan fingerprint density at radius 2 is 1.64 bits per heavy atom. The van der Waals surface area contributed by atoms with Crippen molar-refractivity contribution in [3.63, 3.8) is 0 Å². The summed E-state index contributed by atoms with van der Waals surface area (Å²) < 4.78 is 18.9.